The molecule has 0 spiro atoms. The van der Waals surface area contributed by atoms with Crippen LogP contribution >= 0.6 is 0 Å². The number of rotatable bonds is 9. The van der Waals surface area contributed by atoms with Crippen molar-refractivity contribution < 1.29 is 19.1 Å². The summed E-state index contributed by atoms with van der Waals surface area (Å²) in [6.45, 7) is 9.01. The highest BCUT2D eigenvalue weighted by Gasteiger charge is 2.29. The van der Waals surface area contributed by atoms with E-state index in [4.69, 9.17) is 9.47 Å². The lowest BCUT2D eigenvalue weighted by Crippen LogP contribution is -2.46. The SMILES string of the molecule is CCCC(=O)Nc1cc(OCC)c(OCC)cc1C(=O)N1CCC(n2c(=O)c3cc(C)ccc3n(C)c2=O)CC1. The fourth-order valence-electron chi connectivity index (χ4n) is 5.23. The molecule has 40 heavy (non-hydrogen) atoms. The van der Waals surface area contributed by atoms with Crippen LogP contribution in [0.15, 0.2) is 39.9 Å². The lowest BCUT2D eigenvalue weighted by molar-refractivity contribution is -0.116. The Labute approximate surface area is 233 Å². The first-order chi connectivity index (χ1) is 19.2. The van der Waals surface area contributed by atoms with Gasteiger partial charge in [-0.3, -0.25) is 23.5 Å². The van der Waals surface area contributed by atoms with Crippen LogP contribution in [0.4, 0.5) is 5.69 Å². The third-order valence-corrected chi connectivity index (χ3v) is 7.24. The van der Waals surface area contributed by atoms with Crippen molar-refractivity contribution in [3.63, 3.8) is 0 Å². The normalized spacial score (nSPS) is 13.9. The minimum atomic E-state index is -0.361. The van der Waals surface area contributed by atoms with E-state index in [1.807, 2.05) is 39.8 Å². The highest BCUT2D eigenvalue weighted by atomic mass is 16.5. The maximum Gasteiger partial charge on any atom is 0.331 e. The predicted octanol–water partition coefficient (Wildman–Crippen LogP) is 4.02. The standard InChI is InChI=1S/C30H38N4O6/c1-6-9-27(35)31-23-18-26(40-8-3)25(39-7-2)17-21(23)28(36)33-14-12-20(13-15-33)34-29(37)22-16-19(4)10-11-24(22)32(5)30(34)38/h10-11,16-18,20H,6-9,12-15H2,1-5H3,(H,31,35). The summed E-state index contributed by atoms with van der Waals surface area (Å²) in [6.07, 6.45) is 1.90. The van der Waals surface area contributed by atoms with E-state index in [9.17, 15) is 19.2 Å². The van der Waals surface area contributed by atoms with Gasteiger partial charge in [0.05, 0.1) is 35.4 Å². The molecular weight excluding hydrogens is 512 g/mol. The van der Waals surface area contributed by atoms with Gasteiger partial charge in [0.25, 0.3) is 11.5 Å². The van der Waals surface area contributed by atoms with E-state index in [1.54, 1.807) is 30.1 Å². The van der Waals surface area contributed by atoms with E-state index < -0.39 is 0 Å². The number of anilines is 1. The van der Waals surface area contributed by atoms with Crippen molar-refractivity contribution in [2.24, 2.45) is 7.05 Å². The second-order valence-electron chi connectivity index (χ2n) is 10.1. The predicted molar refractivity (Wildman–Crippen MR) is 155 cm³/mol. The van der Waals surface area contributed by atoms with Gasteiger partial charge in [-0.25, -0.2) is 4.79 Å². The Kier molecular flexibility index (Phi) is 8.96. The molecule has 1 saturated heterocycles. The van der Waals surface area contributed by atoms with Gasteiger partial charge in [0.1, 0.15) is 0 Å². The average Bonchev–Trinajstić information content (AvgIpc) is 2.93. The summed E-state index contributed by atoms with van der Waals surface area (Å²) < 4.78 is 14.3. The Balaban J connectivity index is 1.63. The third kappa shape index (κ3) is 5.76. The first-order valence-electron chi connectivity index (χ1n) is 13.9. The first kappa shape index (κ1) is 28.9. The van der Waals surface area contributed by atoms with E-state index in [2.05, 4.69) is 5.32 Å². The number of hydrogen-bond acceptors (Lipinski definition) is 6. The Bertz CT molecular complexity index is 1530. The van der Waals surface area contributed by atoms with Crippen LogP contribution in [-0.2, 0) is 11.8 Å². The molecular formula is C30H38N4O6. The average molecular weight is 551 g/mol. The Morgan fingerprint density at radius 2 is 1.62 bits per heavy atom. The Morgan fingerprint density at radius 3 is 2.25 bits per heavy atom. The zero-order chi connectivity index (χ0) is 29.0. The zero-order valence-corrected chi connectivity index (χ0v) is 23.9. The number of nitrogens with zero attached hydrogens (tertiary/aromatic N) is 3. The van der Waals surface area contributed by atoms with Gasteiger partial charge in [-0.05, 0) is 58.2 Å². The van der Waals surface area contributed by atoms with Crippen molar-refractivity contribution >= 4 is 28.4 Å². The molecule has 2 aromatic carbocycles. The Hall–Kier alpha value is -4.08. The van der Waals surface area contributed by atoms with Gasteiger partial charge in [-0.15, -0.1) is 0 Å². The van der Waals surface area contributed by atoms with Gasteiger partial charge in [-0.2, -0.15) is 0 Å². The summed E-state index contributed by atoms with van der Waals surface area (Å²) in [7, 11) is 1.67. The van der Waals surface area contributed by atoms with Crippen molar-refractivity contribution in [3.8, 4) is 11.5 Å². The van der Waals surface area contributed by atoms with E-state index in [-0.39, 0.29) is 29.1 Å². The topological polar surface area (TPSA) is 112 Å². The van der Waals surface area contributed by atoms with Gasteiger partial charge >= 0.3 is 5.69 Å². The maximum absolute atomic E-state index is 13.8. The van der Waals surface area contributed by atoms with Gasteiger partial charge < -0.3 is 19.7 Å². The lowest BCUT2D eigenvalue weighted by Gasteiger charge is -2.33. The van der Waals surface area contributed by atoms with Crippen LogP contribution in [0, 0.1) is 6.92 Å². The molecule has 3 aromatic rings. The van der Waals surface area contributed by atoms with Crippen molar-refractivity contribution in [3.05, 3.63) is 62.3 Å². The summed E-state index contributed by atoms with van der Waals surface area (Å²) in [4.78, 5) is 54.5. The van der Waals surface area contributed by atoms with Gasteiger partial charge in [0.15, 0.2) is 11.5 Å². The van der Waals surface area contributed by atoms with Crippen LogP contribution in [0.1, 0.15) is 68.4 Å². The number of nitrogens with one attached hydrogen (secondary N) is 1. The van der Waals surface area contributed by atoms with E-state index in [1.165, 1.54) is 9.13 Å². The van der Waals surface area contributed by atoms with Gasteiger partial charge in [0.2, 0.25) is 5.91 Å². The monoisotopic (exact) mass is 550 g/mol. The fourth-order valence-corrected chi connectivity index (χ4v) is 5.23. The van der Waals surface area contributed by atoms with E-state index in [0.29, 0.717) is 85.6 Å². The molecule has 1 aliphatic heterocycles. The fraction of sp³-hybridized carbons (Fsp3) is 0.467. The number of fused-ring (bicyclic) bond motifs is 1. The minimum absolute atomic E-state index is 0.191. The summed E-state index contributed by atoms with van der Waals surface area (Å²) >= 11 is 0. The highest BCUT2D eigenvalue weighted by molar-refractivity contribution is 6.04. The summed E-state index contributed by atoms with van der Waals surface area (Å²) in [5, 5.41) is 3.37. The number of likely N-dealkylation sites (tertiary alicyclic amines) is 1. The molecule has 0 unspecified atom stereocenters. The van der Waals surface area contributed by atoms with Crippen molar-refractivity contribution in [1.29, 1.82) is 0 Å². The number of aryl methyl sites for hydroxylation is 2. The van der Waals surface area contributed by atoms with Crippen LogP contribution in [0.5, 0.6) is 11.5 Å². The molecule has 10 heteroatoms. The number of ether oxygens (including phenoxy) is 2. The van der Waals surface area contributed by atoms with Crippen LogP contribution < -0.4 is 26.0 Å². The number of piperidine rings is 1. The molecule has 0 atom stereocenters. The summed E-state index contributed by atoms with van der Waals surface area (Å²) in [5.74, 6) is 0.429. The van der Waals surface area contributed by atoms with Gasteiger partial charge in [0, 0.05) is 38.7 Å². The highest BCUT2D eigenvalue weighted by Crippen LogP contribution is 2.35. The lowest BCUT2D eigenvalue weighted by atomic mass is 10.0. The molecule has 214 valence electrons. The molecule has 0 saturated carbocycles. The van der Waals surface area contributed by atoms with E-state index in [0.717, 1.165) is 5.56 Å². The molecule has 1 N–H and O–H groups in total. The number of amides is 2. The number of hydrogen-bond donors (Lipinski definition) is 1. The molecule has 1 aliphatic rings. The zero-order valence-electron chi connectivity index (χ0n) is 23.9. The largest absolute Gasteiger partial charge is 0.490 e. The van der Waals surface area contributed by atoms with Crippen molar-refractivity contribution in [2.75, 3.05) is 31.6 Å². The summed E-state index contributed by atoms with van der Waals surface area (Å²) in [6, 6.07) is 8.42. The maximum atomic E-state index is 13.8. The molecule has 4 rings (SSSR count). The molecule has 1 aromatic heterocycles. The van der Waals surface area contributed by atoms with Crippen molar-refractivity contribution in [1.82, 2.24) is 14.0 Å². The van der Waals surface area contributed by atoms with Crippen LogP contribution in [-0.4, -0.2) is 52.2 Å². The third-order valence-electron chi connectivity index (χ3n) is 7.24. The summed E-state index contributed by atoms with van der Waals surface area (Å²) in [5.41, 5.74) is 1.55. The number of aromatic nitrogens is 2. The number of benzene rings is 2. The molecule has 0 radical (unpaired) electrons. The van der Waals surface area contributed by atoms with Crippen LogP contribution in [0.2, 0.25) is 0 Å². The molecule has 2 heterocycles. The quantitative estimate of drug-likeness (QED) is 0.431. The Morgan fingerprint density at radius 1 is 0.975 bits per heavy atom. The molecule has 10 nitrogen and oxygen atoms in total. The minimum Gasteiger partial charge on any atom is -0.490 e. The first-order valence-corrected chi connectivity index (χ1v) is 13.9. The second-order valence-corrected chi connectivity index (χ2v) is 10.1. The molecule has 1 fully saturated rings. The van der Waals surface area contributed by atoms with E-state index >= 15 is 0 Å². The van der Waals surface area contributed by atoms with Crippen molar-refractivity contribution in [2.45, 2.75) is 59.4 Å². The van der Waals surface area contributed by atoms with Gasteiger partial charge in [-0.1, -0.05) is 18.6 Å². The van der Waals surface area contributed by atoms with Crippen LogP contribution in [0.25, 0.3) is 10.9 Å². The number of carbonyl (C=O) groups is 2. The smallest absolute Gasteiger partial charge is 0.331 e. The molecule has 2 amide bonds. The second kappa shape index (κ2) is 12.4. The molecule has 0 bridgehead atoms. The van der Waals surface area contributed by atoms with Crippen LogP contribution in [0.3, 0.4) is 0 Å². The molecule has 0 aliphatic carbocycles. The number of carbonyl (C=O) groups excluding carboxylic acids is 2.